The quantitative estimate of drug-likeness (QED) is 0.923. The van der Waals surface area contributed by atoms with Gasteiger partial charge < -0.3 is 10.5 Å². The van der Waals surface area contributed by atoms with Gasteiger partial charge in [-0.15, -0.1) is 0 Å². The van der Waals surface area contributed by atoms with Gasteiger partial charge in [0, 0.05) is 5.56 Å². The third-order valence-electron chi connectivity index (χ3n) is 3.54. The lowest BCUT2D eigenvalue weighted by Crippen LogP contribution is -2.14. The molecule has 106 valence electrons. The van der Waals surface area contributed by atoms with Crippen molar-refractivity contribution in [2.75, 3.05) is 7.11 Å². The van der Waals surface area contributed by atoms with Crippen LogP contribution in [0.3, 0.4) is 0 Å². The van der Waals surface area contributed by atoms with E-state index < -0.39 is 6.04 Å². The maximum atomic E-state index is 14.0. The van der Waals surface area contributed by atoms with Crippen molar-refractivity contribution in [1.29, 1.82) is 0 Å². The topological polar surface area (TPSA) is 35.2 Å². The summed E-state index contributed by atoms with van der Waals surface area (Å²) in [6, 6.07) is 8.58. The largest absolute Gasteiger partial charge is 0.496 e. The number of benzene rings is 2. The van der Waals surface area contributed by atoms with Gasteiger partial charge in [0.15, 0.2) is 0 Å². The maximum absolute atomic E-state index is 14.0. The molecule has 0 radical (unpaired) electrons. The Balaban J connectivity index is 2.45. The van der Waals surface area contributed by atoms with E-state index in [-0.39, 0.29) is 5.82 Å². The Labute approximate surface area is 119 Å². The first kappa shape index (κ1) is 14.5. The van der Waals surface area contributed by atoms with Crippen molar-refractivity contribution in [1.82, 2.24) is 0 Å². The number of halogens is 1. The van der Waals surface area contributed by atoms with Gasteiger partial charge in [0.05, 0.1) is 13.2 Å². The SMILES string of the molecule is COc1c(C)cc(C(N)c2ccc(C)cc2F)cc1C. The van der Waals surface area contributed by atoms with Gasteiger partial charge in [0.25, 0.3) is 0 Å². The zero-order chi connectivity index (χ0) is 14.9. The molecule has 0 aliphatic rings. The van der Waals surface area contributed by atoms with E-state index in [1.807, 2.05) is 39.0 Å². The number of aryl methyl sites for hydroxylation is 3. The zero-order valence-electron chi connectivity index (χ0n) is 12.3. The fourth-order valence-corrected chi connectivity index (χ4v) is 2.55. The molecule has 2 rings (SSSR count). The Kier molecular flexibility index (Phi) is 4.09. The van der Waals surface area contributed by atoms with E-state index in [0.29, 0.717) is 5.56 Å². The molecule has 0 bridgehead atoms. The van der Waals surface area contributed by atoms with Gasteiger partial charge in [0.1, 0.15) is 11.6 Å². The van der Waals surface area contributed by atoms with Gasteiger partial charge in [-0.1, -0.05) is 24.3 Å². The van der Waals surface area contributed by atoms with Crippen molar-refractivity contribution in [2.45, 2.75) is 26.8 Å². The number of hydrogen-bond acceptors (Lipinski definition) is 2. The Morgan fingerprint density at radius 3 is 2.15 bits per heavy atom. The van der Waals surface area contributed by atoms with Crippen molar-refractivity contribution >= 4 is 0 Å². The minimum atomic E-state index is -0.473. The van der Waals surface area contributed by atoms with Crippen LogP contribution in [0, 0.1) is 26.6 Å². The van der Waals surface area contributed by atoms with Gasteiger partial charge >= 0.3 is 0 Å². The van der Waals surface area contributed by atoms with Crippen molar-refractivity contribution in [2.24, 2.45) is 5.73 Å². The van der Waals surface area contributed by atoms with Gasteiger partial charge in [-0.05, 0) is 49.1 Å². The summed E-state index contributed by atoms with van der Waals surface area (Å²) in [4.78, 5) is 0. The summed E-state index contributed by atoms with van der Waals surface area (Å²) in [6.07, 6.45) is 0. The summed E-state index contributed by atoms with van der Waals surface area (Å²) >= 11 is 0. The Morgan fingerprint density at radius 1 is 1.05 bits per heavy atom. The van der Waals surface area contributed by atoms with Crippen LogP contribution in [0.1, 0.15) is 33.9 Å². The molecule has 1 atom stereocenters. The molecule has 1 unspecified atom stereocenters. The molecule has 2 N–H and O–H groups in total. The smallest absolute Gasteiger partial charge is 0.128 e. The van der Waals surface area contributed by atoms with E-state index in [4.69, 9.17) is 10.5 Å². The Hall–Kier alpha value is -1.87. The third-order valence-corrected chi connectivity index (χ3v) is 3.54. The normalized spacial score (nSPS) is 12.3. The summed E-state index contributed by atoms with van der Waals surface area (Å²) in [5.41, 5.74) is 10.5. The highest BCUT2D eigenvalue weighted by Crippen LogP contribution is 2.30. The summed E-state index contributed by atoms with van der Waals surface area (Å²) < 4.78 is 19.4. The fraction of sp³-hybridized carbons (Fsp3) is 0.294. The van der Waals surface area contributed by atoms with E-state index in [2.05, 4.69) is 0 Å². The van der Waals surface area contributed by atoms with Crippen molar-refractivity contribution in [3.8, 4) is 5.75 Å². The van der Waals surface area contributed by atoms with Crippen LogP contribution in [0.2, 0.25) is 0 Å². The van der Waals surface area contributed by atoms with E-state index in [9.17, 15) is 4.39 Å². The molecule has 0 aliphatic heterocycles. The monoisotopic (exact) mass is 273 g/mol. The van der Waals surface area contributed by atoms with E-state index in [1.165, 1.54) is 6.07 Å². The van der Waals surface area contributed by atoms with Crippen molar-refractivity contribution in [3.63, 3.8) is 0 Å². The molecule has 0 amide bonds. The van der Waals surface area contributed by atoms with Crippen molar-refractivity contribution in [3.05, 3.63) is 64.0 Å². The highest BCUT2D eigenvalue weighted by Gasteiger charge is 2.16. The molecule has 0 spiro atoms. The van der Waals surface area contributed by atoms with E-state index in [1.54, 1.807) is 13.2 Å². The molecule has 0 fully saturated rings. The molecule has 0 heterocycles. The van der Waals surface area contributed by atoms with Crippen LogP contribution in [0.4, 0.5) is 4.39 Å². The van der Waals surface area contributed by atoms with Gasteiger partial charge in [-0.3, -0.25) is 0 Å². The van der Waals surface area contributed by atoms with Gasteiger partial charge in [-0.25, -0.2) is 4.39 Å². The number of nitrogens with two attached hydrogens (primary N) is 1. The third kappa shape index (κ3) is 2.68. The van der Waals surface area contributed by atoms with Crippen LogP contribution in [-0.4, -0.2) is 7.11 Å². The molecule has 2 nitrogen and oxygen atoms in total. The number of ether oxygens (including phenoxy) is 1. The summed E-state index contributed by atoms with van der Waals surface area (Å²) in [7, 11) is 1.65. The highest BCUT2D eigenvalue weighted by atomic mass is 19.1. The van der Waals surface area contributed by atoms with Gasteiger partial charge in [-0.2, -0.15) is 0 Å². The molecule has 0 aliphatic carbocycles. The highest BCUT2D eigenvalue weighted by molar-refractivity contribution is 5.46. The molecule has 0 saturated heterocycles. The minimum absolute atomic E-state index is 0.261. The molecule has 3 heteroatoms. The van der Waals surface area contributed by atoms with Crippen LogP contribution in [0.5, 0.6) is 5.75 Å². The predicted octanol–water partition coefficient (Wildman–Crippen LogP) is 3.81. The average Bonchev–Trinajstić information content (AvgIpc) is 2.37. The predicted molar refractivity (Wildman–Crippen MR) is 79.6 cm³/mol. The number of methoxy groups -OCH3 is 1. The van der Waals surface area contributed by atoms with Crippen LogP contribution < -0.4 is 10.5 Å². The molecule has 20 heavy (non-hydrogen) atoms. The first-order chi connectivity index (χ1) is 9.43. The Bertz CT molecular complexity index is 614. The zero-order valence-corrected chi connectivity index (χ0v) is 12.3. The summed E-state index contributed by atoms with van der Waals surface area (Å²) in [5, 5.41) is 0. The minimum Gasteiger partial charge on any atom is -0.496 e. The summed E-state index contributed by atoms with van der Waals surface area (Å²) in [6.45, 7) is 5.79. The number of rotatable bonds is 3. The Morgan fingerprint density at radius 2 is 1.65 bits per heavy atom. The van der Waals surface area contributed by atoms with E-state index >= 15 is 0 Å². The second kappa shape index (κ2) is 5.63. The van der Waals surface area contributed by atoms with Crippen LogP contribution in [0.15, 0.2) is 30.3 Å². The molecule has 0 saturated carbocycles. The lowest BCUT2D eigenvalue weighted by molar-refractivity contribution is 0.408. The van der Waals surface area contributed by atoms with Crippen LogP contribution >= 0.6 is 0 Å². The lowest BCUT2D eigenvalue weighted by Gasteiger charge is -2.17. The van der Waals surface area contributed by atoms with E-state index in [0.717, 1.165) is 28.0 Å². The van der Waals surface area contributed by atoms with Crippen molar-refractivity contribution < 1.29 is 9.13 Å². The summed E-state index contributed by atoms with van der Waals surface area (Å²) in [5.74, 6) is 0.592. The molecule has 2 aromatic carbocycles. The fourth-order valence-electron chi connectivity index (χ4n) is 2.55. The molecular formula is C17H20FNO. The first-order valence-corrected chi connectivity index (χ1v) is 6.60. The first-order valence-electron chi connectivity index (χ1n) is 6.60. The maximum Gasteiger partial charge on any atom is 0.128 e. The second-order valence-corrected chi connectivity index (χ2v) is 5.19. The van der Waals surface area contributed by atoms with Crippen LogP contribution in [-0.2, 0) is 0 Å². The van der Waals surface area contributed by atoms with Crippen LogP contribution in [0.25, 0.3) is 0 Å². The number of hydrogen-bond donors (Lipinski definition) is 1. The molecule has 0 aromatic heterocycles. The van der Waals surface area contributed by atoms with Gasteiger partial charge in [0.2, 0.25) is 0 Å². The standard InChI is InChI=1S/C17H20FNO/c1-10-5-6-14(15(18)7-10)16(19)13-8-11(2)17(20-4)12(3)9-13/h5-9,16H,19H2,1-4H3. The second-order valence-electron chi connectivity index (χ2n) is 5.19. The molecular weight excluding hydrogens is 253 g/mol. The lowest BCUT2D eigenvalue weighted by atomic mass is 9.95. The average molecular weight is 273 g/mol. The molecule has 2 aromatic rings.